The van der Waals surface area contributed by atoms with Gasteiger partial charge in [0.1, 0.15) is 11.6 Å². The summed E-state index contributed by atoms with van der Waals surface area (Å²) in [5.41, 5.74) is 4.23. The first kappa shape index (κ1) is 23.3. The summed E-state index contributed by atoms with van der Waals surface area (Å²) in [6.07, 6.45) is 4.32. The molecule has 1 unspecified atom stereocenters. The highest BCUT2D eigenvalue weighted by Crippen LogP contribution is 2.40. The van der Waals surface area contributed by atoms with E-state index in [9.17, 15) is 14.0 Å². The SMILES string of the molecule is CC1=C(C(=O)NC2CCN(C(=O)O)CC2)c2[nH]ccc2C(c2cc(C)c(F)cc2OCC2CC2)N1. The number of hydrogen-bond acceptors (Lipinski definition) is 4. The summed E-state index contributed by atoms with van der Waals surface area (Å²) in [6.45, 7) is 4.98. The van der Waals surface area contributed by atoms with Gasteiger partial charge in [-0.15, -0.1) is 0 Å². The first-order valence-corrected chi connectivity index (χ1v) is 12.2. The molecule has 186 valence electrons. The van der Waals surface area contributed by atoms with E-state index in [1.165, 1.54) is 11.0 Å². The Labute approximate surface area is 203 Å². The van der Waals surface area contributed by atoms with Gasteiger partial charge in [-0.2, -0.15) is 0 Å². The number of hydrogen-bond donors (Lipinski definition) is 4. The van der Waals surface area contributed by atoms with E-state index in [-0.39, 0.29) is 23.8 Å². The number of rotatable bonds is 6. The van der Waals surface area contributed by atoms with Crippen LogP contribution in [0.5, 0.6) is 5.75 Å². The van der Waals surface area contributed by atoms with Gasteiger partial charge in [0.15, 0.2) is 0 Å². The number of carboxylic acid groups (broad SMARTS) is 1. The second-order valence-corrected chi connectivity index (χ2v) is 9.80. The van der Waals surface area contributed by atoms with Crippen LogP contribution in [0.4, 0.5) is 9.18 Å². The molecule has 1 aromatic heterocycles. The fraction of sp³-hybridized carbons (Fsp3) is 0.462. The van der Waals surface area contributed by atoms with E-state index in [4.69, 9.17) is 9.84 Å². The number of ether oxygens (including phenoxy) is 1. The average Bonchev–Trinajstić information content (AvgIpc) is 3.53. The number of nitrogens with one attached hydrogen (secondary N) is 3. The van der Waals surface area contributed by atoms with Crippen LogP contribution in [0, 0.1) is 18.7 Å². The summed E-state index contributed by atoms with van der Waals surface area (Å²) in [5.74, 6) is 0.557. The van der Waals surface area contributed by atoms with Crippen molar-refractivity contribution in [1.29, 1.82) is 0 Å². The molecule has 2 aliphatic heterocycles. The van der Waals surface area contributed by atoms with Gasteiger partial charge in [-0.05, 0) is 63.1 Å². The van der Waals surface area contributed by atoms with Crippen LogP contribution in [0.1, 0.15) is 61.0 Å². The zero-order chi connectivity index (χ0) is 24.7. The third-order valence-electron chi connectivity index (χ3n) is 7.18. The normalized spacial score (nSPS) is 20.3. The van der Waals surface area contributed by atoms with E-state index in [1.807, 2.05) is 19.1 Å². The maximum atomic E-state index is 14.4. The number of piperidine rings is 1. The second-order valence-electron chi connectivity index (χ2n) is 9.80. The molecule has 2 fully saturated rings. The summed E-state index contributed by atoms with van der Waals surface area (Å²) >= 11 is 0. The number of carbonyl (C=O) groups is 2. The van der Waals surface area contributed by atoms with Crippen LogP contribution in [0.15, 0.2) is 30.1 Å². The third kappa shape index (κ3) is 4.72. The van der Waals surface area contributed by atoms with E-state index < -0.39 is 6.09 Å². The van der Waals surface area contributed by atoms with E-state index in [0.717, 1.165) is 29.7 Å². The van der Waals surface area contributed by atoms with Crippen LogP contribution >= 0.6 is 0 Å². The predicted molar refractivity (Wildman–Crippen MR) is 128 cm³/mol. The summed E-state index contributed by atoms with van der Waals surface area (Å²) in [7, 11) is 0. The number of amides is 2. The molecule has 3 heterocycles. The summed E-state index contributed by atoms with van der Waals surface area (Å²) in [6, 6.07) is 4.84. The maximum absolute atomic E-state index is 14.4. The molecule has 4 N–H and O–H groups in total. The fourth-order valence-corrected chi connectivity index (χ4v) is 4.92. The fourth-order valence-electron chi connectivity index (χ4n) is 4.92. The van der Waals surface area contributed by atoms with Crippen molar-refractivity contribution in [1.82, 2.24) is 20.5 Å². The van der Waals surface area contributed by atoms with Gasteiger partial charge >= 0.3 is 6.09 Å². The topological polar surface area (TPSA) is 107 Å². The molecule has 3 aliphatic rings. The Morgan fingerprint density at radius 3 is 2.60 bits per heavy atom. The van der Waals surface area contributed by atoms with E-state index in [0.29, 0.717) is 61.0 Å². The van der Waals surface area contributed by atoms with Gasteiger partial charge in [-0.25, -0.2) is 9.18 Å². The van der Waals surface area contributed by atoms with Crippen LogP contribution < -0.4 is 15.4 Å². The molecule has 2 amide bonds. The lowest BCUT2D eigenvalue weighted by Crippen LogP contribution is -2.47. The highest BCUT2D eigenvalue weighted by molar-refractivity contribution is 6.20. The van der Waals surface area contributed by atoms with Crippen LogP contribution in [-0.4, -0.2) is 52.7 Å². The molecule has 0 bridgehead atoms. The summed E-state index contributed by atoms with van der Waals surface area (Å²) in [5, 5.41) is 15.7. The van der Waals surface area contributed by atoms with Gasteiger partial charge in [0.2, 0.25) is 0 Å². The number of nitrogens with zero attached hydrogens (tertiary/aromatic N) is 1. The van der Waals surface area contributed by atoms with Crippen molar-refractivity contribution in [3.05, 3.63) is 58.3 Å². The molecule has 9 heteroatoms. The quantitative estimate of drug-likeness (QED) is 0.499. The van der Waals surface area contributed by atoms with Gasteiger partial charge in [0.25, 0.3) is 5.91 Å². The van der Waals surface area contributed by atoms with Crippen LogP contribution in [0.3, 0.4) is 0 Å². The Morgan fingerprint density at radius 2 is 1.91 bits per heavy atom. The first-order chi connectivity index (χ1) is 16.8. The highest BCUT2D eigenvalue weighted by atomic mass is 19.1. The largest absolute Gasteiger partial charge is 0.493 e. The molecule has 35 heavy (non-hydrogen) atoms. The number of allylic oxidation sites excluding steroid dienone is 1. The lowest BCUT2D eigenvalue weighted by Gasteiger charge is -2.32. The molecule has 1 aromatic carbocycles. The number of fused-ring (bicyclic) bond motifs is 1. The molecule has 1 saturated heterocycles. The second kappa shape index (κ2) is 9.28. The molecule has 8 nitrogen and oxygen atoms in total. The minimum Gasteiger partial charge on any atom is -0.493 e. The molecule has 1 saturated carbocycles. The van der Waals surface area contributed by atoms with Crippen LogP contribution in [0.2, 0.25) is 0 Å². The number of aromatic nitrogens is 1. The lowest BCUT2D eigenvalue weighted by atomic mass is 9.89. The van der Waals surface area contributed by atoms with Gasteiger partial charge in [-0.3, -0.25) is 4.79 Å². The minimum atomic E-state index is -0.927. The molecule has 1 atom stereocenters. The van der Waals surface area contributed by atoms with Crippen molar-refractivity contribution >= 4 is 17.6 Å². The van der Waals surface area contributed by atoms with Crippen molar-refractivity contribution in [3.63, 3.8) is 0 Å². The molecule has 0 spiro atoms. The number of halogens is 1. The Balaban J connectivity index is 1.39. The Morgan fingerprint density at radius 1 is 1.17 bits per heavy atom. The lowest BCUT2D eigenvalue weighted by molar-refractivity contribution is -0.116. The monoisotopic (exact) mass is 482 g/mol. The van der Waals surface area contributed by atoms with Gasteiger partial charge in [0, 0.05) is 48.2 Å². The van der Waals surface area contributed by atoms with Gasteiger partial charge < -0.3 is 30.4 Å². The van der Waals surface area contributed by atoms with E-state index in [1.54, 1.807) is 13.1 Å². The zero-order valence-corrected chi connectivity index (χ0v) is 20.0. The number of likely N-dealkylation sites (tertiary alicyclic amines) is 1. The van der Waals surface area contributed by atoms with E-state index >= 15 is 0 Å². The predicted octanol–water partition coefficient (Wildman–Crippen LogP) is 3.93. The Hall–Kier alpha value is -3.49. The smallest absolute Gasteiger partial charge is 0.407 e. The van der Waals surface area contributed by atoms with Crippen molar-refractivity contribution < 1.29 is 23.8 Å². The standard InChI is InChI=1S/C26H31FN4O4/c1-14-11-19(21(12-20(14)27)35-13-16-3-4-16)23-18-5-8-28-24(18)22(15(2)29-23)25(32)30-17-6-9-31(10-7-17)26(33)34/h5,8,11-12,16-17,23,28-29H,3-4,6-7,9-10,13H2,1-2H3,(H,30,32)(H,33,34). The maximum Gasteiger partial charge on any atom is 0.407 e. The number of carbonyl (C=O) groups excluding carboxylic acids is 1. The minimum absolute atomic E-state index is 0.0864. The first-order valence-electron chi connectivity index (χ1n) is 12.2. The van der Waals surface area contributed by atoms with Crippen molar-refractivity contribution in [2.24, 2.45) is 5.92 Å². The van der Waals surface area contributed by atoms with Gasteiger partial charge in [-0.1, -0.05) is 0 Å². The van der Waals surface area contributed by atoms with E-state index in [2.05, 4.69) is 15.6 Å². The molecule has 5 rings (SSSR count). The van der Waals surface area contributed by atoms with Crippen LogP contribution in [-0.2, 0) is 4.79 Å². The zero-order valence-electron chi connectivity index (χ0n) is 20.0. The number of aromatic amines is 1. The van der Waals surface area contributed by atoms with Crippen molar-refractivity contribution in [2.75, 3.05) is 19.7 Å². The molecular formula is C26H31FN4O4. The highest BCUT2D eigenvalue weighted by Gasteiger charge is 2.34. The average molecular weight is 483 g/mol. The molecule has 1 aliphatic carbocycles. The number of aryl methyl sites for hydroxylation is 1. The van der Waals surface area contributed by atoms with Crippen LogP contribution in [0.25, 0.3) is 5.57 Å². The third-order valence-corrected chi connectivity index (χ3v) is 7.18. The Kier molecular flexibility index (Phi) is 6.17. The number of H-pyrrole nitrogens is 1. The molecule has 0 radical (unpaired) electrons. The van der Waals surface area contributed by atoms with Crippen molar-refractivity contribution in [2.45, 2.75) is 51.6 Å². The van der Waals surface area contributed by atoms with Gasteiger partial charge in [0.05, 0.1) is 23.9 Å². The summed E-state index contributed by atoms with van der Waals surface area (Å²) < 4.78 is 20.5. The Bertz CT molecular complexity index is 1180. The molecule has 2 aromatic rings. The molecular weight excluding hydrogens is 451 g/mol. The summed E-state index contributed by atoms with van der Waals surface area (Å²) in [4.78, 5) is 29.1. The van der Waals surface area contributed by atoms with Crippen molar-refractivity contribution in [3.8, 4) is 5.75 Å². The number of benzene rings is 1.